The van der Waals surface area contributed by atoms with Gasteiger partial charge < -0.3 is 0 Å². The van der Waals surface area contributed by atoms with E-state index >= 15 is 0 Å². The van der Waals surface area contributed by atoms with Crippen LogP contribution in [0.25, 0.3) is 0 Å². The first-order valence-electron chi connectivity index (χ1n) is 3.33. The van der Waals surface area contributed by atoms with Crippen LogP contribution in [0.3, 0.4) is 0 Å². The molecule has 0 aromatic carbocycles. The Morgan fingerprint density at radius 2 is 1.93 bits per heavy atom. The van der Waals surface area contributed by atoms with Crippen molar-refractivity contribution < 1.29 is 26.5 Å². The van der Waals surface area contributed by atoms with Crippen LogP contribution in [0.5, 0.6) is 0 Å². The zero-order chi connectivity index (χ0) is 10.9. The fraction of sp³-hybridized carbons (Fsp3) is 0.167. The average molecular weight is 225 g/mol. The molecule has 0 radical (unpaired) electrons. The van der Waals surface area contributed by atoms with Gasteiger partial charge in [0.05, 0.1) is 0 Å². The molecule has 0 amide bonds. The van der Waals surface area contributed by atoms with Crippen molar-refractivity contribution in [2.75, 3.05) is 0 Å². The van der Waals surface area contributed by atoms with Crippen LogP contribution in [0.1, 0.15) is 0 Å². The van der Waals surface area contributed by atoms with Gasteiger partial charge >= 0.3 is 10.3 Å². The lowest BCUT2D eigenvalue weighted by Crippen LogP contribution is -2.41. The molecule has 0 fully saturated rings. The van der Waals surface area contributed by atoms with Crippen molar-refractivity contribution in [1.82, 2.24) is 4.72 Å². The predicted molar refractivity (Wildman–Crippen MR) is 41.9 cm³/mol. The summed E-state index contributed by atoms with van der Waals surface area (Å²) in [5, 5.41) is 0. The first-order valence-corrected chi connectivity index (χ1v) is 4.77. The molecule has 0 heterocycles. The van der Waals surface area contributed by atoms with Crippen molar-refractivity contribution in [3.63, 3.8) is 0 Å². The molecule has 1 atom stereocenters. The minimum atomic E-state index is -4.76. The maximum absolute atomic E-state index is 12.8. The highest BCUT2D eigenvalue weighted by atomic mass is 32.2. The van der Waals surface area contributed by atoms with E-state index in [1.807, 2.05) is 0 Å². The molecule has 0 aromatic heterocycles. The second-order valence-corrected chi connectivity index (χ2v) is 3.64. The quantitative estimate of drug-likeness (QED) is 0.650. The molecule has 0 bridgehead atoms. The van der Waals surface area contributed by atoms with E-state index in [1.54, 1.807) is 0 Å². The van der Waals surface area contributed by atoms with E-state index in [-0.39, 0.29) is 0 Å². The molecule has 0 aromatic rings. The maximum atomic E-state index is 12.8. The average Bonchev–Trinajstić information content (AvgIpc) is 2.04. The minimum absolute atomic E-state index is 0.569. The Labute approximate surface area is 78.0 Å². The van der Waals surface area contributed by atoms with Gasteiger partial charge in [0, 0.05) is 0 Å². The first kappa shape index (κ1) is 11.0. The summed E-state index contributed by atoms with van der Waals surface area (Å²) < 4.78 is 55.4. The Bertz CT molecular complexity index is 425. The van der Waals surface area contributed by atoms with Gasteiger partial charge in [0.15, 0.2) is 17.4 Å². The van der Waals surface area contributed by atoms with E-state index in [0.29, 0.717) is 12.2 Å². The zero-order valence-electron chi connectivity index (χ0n) is 6.57. The van der Waals surface area contributed by atoms with Gasteiger partial charge in [-0.2, -0.15) is 13.1 Å². The highest BCUT2D eigenvalue weighted by Gasteiger charge is 2.30. The number of carbonyl (C=O) groups is 1. The summed E-state index contributed by atoms with van der Waals surface area (Å²) >= 11 is 0. The second-order valence-electron chi connectivity index (χ2n) is 2.46. The minimum Gasteiger partial charge on any atom is -0.293 e. The standard InChI is InChI=1S/C6H5F2NO4S/c7-3-1-2-4(10)6(5(3)8)9-14(11,12)13/h1-2,6,9H,(H,11,12,13). The normalized spacial score (nSPS) is 23.1. The van der Waals surface area contributed by atoms with E-state index in [2.05, 4.69) is 0 Å². The van der Waals surface area contributed by atoms with Gasteiger partial charge in [-0.25, -0.2) is 8.78 Å². The lowest BCUT2D eigenvalue weighted by Gasteiger charge is -2.14. The van der Waals surface area contributed by atoms with Crippen molar-refractivity contribution in [1.29, 1.82) is 0 Å². The molecule has 0 aliphatic heterocycles. The second kappa shape index (κ2) is 3.56. The molecule has 0 saturated heterocycles. The highest BCUT2D eigenvalue weighted by molar-refractivity contribution is 7.83. The third-order valence-corrected chi connectivity index (χ3v) is 1.96. The van der Waals surface area contributed by atoms with E-state index in [0.717, 1.165) is 0 Å². The fourth-order valence-electron chi connectivity index (χ4n) is 0.853. The molecule has 1 aliphatic rings. The maximum Gasteiger partial charge on any atom is 0.334 e. The third-order valence-electron chi connectivity index (χ3n) is 1.43. The number of hydrogen-bond donors (Lipinski definition) is 2. The Balaban J connectivity index is 3.00. The van der Waals surface area contributed by atoms with E-state index < -0.39 is 33.8 Å². The highest BCUT2D eigenvalue weighted by Crippen LogP contribution is 2.19. The number of rotatable bonds is 2. The Morgan fingerprint density at radius 1 is 1.36 bits per heavy atom. The summed E-state index contributed by atoms with van der Waals surface area (Å²) in [6.07, 6.45) is 1.24. The number of halogens is 2. The largest absolute Gasteiger partial charge is 0.334 e. The van der Waals surface area contributed by atoms with Gasteiger partial charge in [-0.3, -0.25) is 9.35 Å². The summed E-state index contributed by atoms with van der Waals surface area (Å²) in [5.74, 6) is -3.93. The molecular formula is C6H5F2NO4S. The summed E-state index contributed by atoms with van der Waals surface area (Å²) in [6, 6.07) is -2.02. The number of carbonyl (C=O) groups excluding carboxylic acids is 1. The molecule has 8 heteroatoms. The number of allylic oxidation sites excluding steroid dienone is 2. The summed E-state index contributed by atoms with van der Waals surface area (Å²) in [7, 11) is -4.76. The van der Waals surface area contributed by atoms with Gasteiger partial charge in [0.2, 0.25) is 0 Å². The lowest BCUT2D eigenvalue weighted by atomic mass is 10.1. The third kappa shape index (κ3) is 2.44. The Hall–Kier alpha value is -1.12. The molecule has 0 spiro atoms. The van der Waals surface area contributed by atoms with Crippen LogP contribution in [-0.4, -0.2) is 24.8 Å². The summed E-state index contributed by atoms with van der Waals surface area (Å²) in [5.41, 5.74) is 0. The van der Waals surface area contributed by atoms with E-state index in [1.165, 1.54) is 4.72 Å². The van der Waals surface area contributed by atoms with Crippen molar-refractivity contribution in [3.8, 4) is 0 Å². The van der Waals surface area contributed by atoms with Crippen molar-refractivity contribution in [2.45, 2.75) is 6.04 Å². The summed E-state index contributed by atoms with van der Waals surface area (Å²) in [4.78, 5) is 10.9. The topological polar surface area (TPSA) is 83.5 Å². The van der Waals surface area contributed by atoms with Crippen molar-refractivity contribution in [2.24, 2.45) is 0 Å². The number of ketones is 1. The van der Waals surface area contributed by atoms with Crippen LogP contribution < -0.4 is 4.72 Å². The molecule has 1 unspecified atom stereocenters. The first-order chi connectivity index (χ1) is 6.31. The molecule has 78 valence electrons. The zero-order valence-corrected chi connectivity index (χ0v) is 7.38. The van der Waals surface area contributed by atoms with Crippen LogP contribution in [-0.2, 0) is 15.1 Å². The molecule has 1 rings (SSSR count). The molecule has 14 heavy (non-hydrogen) atoms. The fourth-order valence-corrected chi connectivity index (χ4v) is 1.37. The molecule has 2 N–H and O–H groups in total. The smallest absolute Gasteiger partial charge is 0.293 e. The SMILES string of the molecule is O=C1C=CC(F)=C(F)C1NS(=O)(=O)O. The number of hydrogen-bond acceptors (Lipinski definition) is 3. The van der Waals surface area contributed by atoms with Crippen LogP contribution in [0.15, 0.2) is 23.8 Å². The summed E-state index contributed by atoms with van der Waals surface area (Å²) in [6.45, 7) is 0. The Kier molecular flexibility index (Phi) is 2.79. The van der Waals surface area contributed by atoms with Gasteiger partial charge in [0.1, 0.15) is 6.04 Å². The number of nitrogens with one attached hydrogen (secondary N) is 1. The molecule has 0 saturated carbocycles. The van der Waals surface area contributed by atoms with Gasteiger partial charge in [-0.05, 0) is 12.2 Å². The van der Waals surface area contributed by atoms with Crippen LogP contribution in [0, 0.1) is 0 Å². The van der Waals surface area contributed by atoms with E-state index in [9.17, 15) is 22.0 Å². The van der Waals surface area contributed by atoms with Crippen LogP contribution >= 0.6 is 0 Å². The van der Waals surface area contributed by atoms with Crippen LogP contribution in [0.4, 0.5) is 8.78 Å². The van der Waals surface area contributed by atoms with Gasteiger partial charge in [-0.15, -0.1) is 0 Å². The van der Waals surface area contributed by atoms with Gasteiger partial charge in [0.25, 0.3) is 0 Å². The van der Waals surface area contributed by atoms with E-state index in [4.69, 9.17) is 4.55 Å². The lowest BCUT2D eigenvalue weighted by molar-refractivity contribution is -0.115. The van der Waals surface area contributed by atoms with Gasteiger partial charge in [-0.1, -0.05) is 0 Å². The Morgan fingerprint density at radius 3 is 2.43 bits per heavy atom. The molecular weight excluding hydrogens is 220 g/mol. The van der Waals surface area contributed by atoms with Crippen molar-refractivity contribution >= 4 is 16.1 Å². The molecule has 1 aliphatic carbocycles. The molecule has 5 nitrogen and oxygen atoms in total. The monoisotopic (exact) mass is 225 g/mol. The van der Waals surface area contributed by atoms with Crippen LogP contribution in [0.2, 0.25) is 0 Å². The predicted octanol–water partition coefficient (Wildman–Crippen LogP) is 0.0369. The van der Waals surface area contributed by atoms with Crippen molar-refractivity contribution in [3.05, 3.63) is 23.8 Å².